The number of hydrogen-bond acceptors (Lipinski definition) is 4. The Morgan fingerprint density at radius 2 is 1.56 bits per heavy atom. The highest BCUT2D eigenvalue weighted by Crippen LogP contribution is 2.30. The van der Waals surface area contributed by atoms with Gasteiger partial charge < -0.3 is 15.1 Å². The maximum absolute atomic E-state index is 13.7. The Labute approximate surface area is 216 Å². The van der Waals surface area contributed by atoms with Crippen molar-refractivity contribution < 1.29 is 18.8 Å². The van der Waals surface area contributed by atoms with Crippen LogP contribution in [0, 0.1) is 0 Å². The highest BCUT2D eigenvalue weighted by atomic mass is 35.5. The number of carbonyl (C=O) groups is 3. The fourth-order valence-electron chi connectivity index (χ4n) is 3.69. The van der Waals surface area contributed by atoms with Crippen molar-refractivity contribution in [2.75, 3.05) is 11.4 Å². The summed E-state index contributed by atoms with van der Waals surface area (Å²) in [6.07, 6.45) is 1.38. The Bertz CT molecular complexity index is 1180. The molecule has 190 valence electrons. The van der Waals surface area contributed by atoms with Gasteiger partial charge in [0.15, 0.2) is 5.76 Å². The Morgan fingerprint density at radius 1 is 0.944 bits per heavy atom. The summed E-state index contributed by atoms with van der Waals surface area (Å²) >= 11 is 6.10. The van der Waals surface area contributed by atoms with Crippen molar-refractivity contribution in [3.8, 4) is 0 Å². The summed E-state index contributed by atoms with van der Waals surface area (Å²) in [7, 11) is 0. The van der Waals surface area contributed by atoms with E-state index in [2.05, 4.69) is 24.5 Å². The molecule has 7 nitrogen and oxygen atoms in total. The van der Waals surface area contributed by atoms with Gasteiger partial charge in [-0.05, 0) is 74.2 Å². The van der Waals surface area contributed by atoms with Gasteiger partial charge in [-0.25, -0.2) is 0 Å². The predicted octanol–water partition coefficient (Wildman–Crippen LogP) is 5.48. The number of rotatable bonds is 8. The number of nitrogens with zero attached hydrogens (tertiary/aromatic N) is 1. The van der Waals surface area contributed by atoms with Crippen LogP contribution in [0.3, 0.4) is 0 Å². The molecule has 0 radical (unpaired) electrons. The monoisotopic (exact) mass is 509 g/mol. The van der Waals surface area contributed by atoms with Gasteiger partial charge in [-0.15, -0.1) is 0 Å². The van der Waals surface area contributed by atoms with Gasteiger partial charge in [-0.1, -0.05) is 49.7 Å². The van der Waals surface area contributed by atoms with Gasteiger partial charge >= 0.3 is 0 Å². The van der Waals surface area contributed by atoms with Crippen LogP contribution in [0.25, 0.3) is 0 Å². The van der Waals surface area contributed by atoms with Gasteiger partial charge in [0.25, 0.3) is 5.91 Å². The van der Waals surface area contributed by atoms with Crippen LogP contribution in [-0.2, 0) is 9.59 Å². The van der Waals surface area contributed by atoms with E-state index in [4.69, 9.17) is 16.0 Å². The number of hydrogen-bond donors (Lipinski definition) is 2. The maximum Gasteiger partial charge on any atom is 0.287 e. The van der Waals surface area contributed by atoms with Crippen molar-refractivity contribution in [3.63, 3.8) is 0 Å². The van der Waals surface area contributed by atoms with Crippen molar-refractivity contribution in [3.05, 3.63) is 88.8 Å². The summed E-state index contributed by atoms with van der Waals surface area (Å²) in [5.41, 5.74) is 1.69. The SMILES string of the molecule is CC(C)c1ccc([C@@H](C(=O)NC(C)(C)C)N(C(=O)CNC(=O)c2ccco2)c2ccc(Cl)cc2)cc1. The summed E-state index contributed by atoms with van der Waals surface area (Å²) in [5.74, 6) is -0.945. The molecule has 0 aliphatic rings. The Balaban J connectivity index is 2.03. The zero-order valence-electron chi connectivity index (χ0n) is 21.2. The minimum Gasteiger partial charge on any atom is -0.459 e. The first-order chi connectivity index (χ1) is 17.0. The first-order valence-electron chi connectivity index (χ1n) is 11.8. The van der Waals surface area contributed by atoms with Crippen molar-refractivity contribution in [1.82, 2.24) is 10.6 Å². The summed E-state index contributed by atoms with van der Waals surface area (Å²) < 4.78 is 5.11. The summed E-state index contributed by atoms with van der Waals surface area (Å²) in [5, 5.41) is 6.07. The molecule has 8 heteroatoms. The predicted molar refractivity (Wildman–Crippen MR) is 141 cm³/mol. The van der Waals surface area contributed by atoms with E-state index in [-0.39, 0.29) is 18.2 Å². The fourth-order valence-corrected chi connectivity index (χ4v) is 3.82. The number of furan rings is 1. The molecule has 1 atom stereocenters. The lowest BCUT2D eigenvalue weighted by Gasteiger charge is -2.34. The normalized spacial score (nSPS) is 12.2. The van der Waals surface area contributed by atoms with Gasteiger partial charge in [-0.2, -0.15) is 0 Å². The second-order valence-corrected chi connectivity index (χ2v) is 10.3. The minimum absolute atomic E-state index is 0.0899. The van der Waals surface area contributed by atoms with Crippen LogP contribution in [0.4, 0.5) is 5.69 Å². The quantitative estimate of drug-likeness (QED) is 0.421. The zero-order chi connectivity index (χ0) is 26.5. The number of carbonyl (C=O) groups excluding carboxylic acids is 3. The molecule has 0 saturated carbocycles. The summed E-state index contributed by atoms with van der Waals surface area (Å²) in [4.78, 5) is 41.1. The van der Waals surface area contributed by atoms with E-state index in [1.54, 1.807) is 30.3 Å². The van der Waals surface area contributed by atoms with Crippen LogP contribution in [0.15, 0.2) is 71.3 Å². The van der Waals surface area contributed by atoms with E-state index in [0.717, 1.165) is 5.56 Å². The molecule has 0 fully saturated rings. The standard InChI is InChI=1S/C28H32ClN3O4/c1-18(2)19-8-10-20(11-9-19)25(27(35)31-28(3,4)5)32(22-14-12-21(29)13-15-22)24(33)17-30-26(34)23-7-6-16-36-23/h6-16,18,25H,17H2,1-5H3,(H,30,34)(H,31,35)/t25-/m0/s1. The lowest BCUT2D eigenvalue weighted by molar-refractivity contribution is -0.127. The third kappa shape index (κ3) is 6.98. The van der Waals surface area contributed by atoms with E-state index in [9.17, 15) is 14.4 Å². The van der Waals surface area contributed by atoms with Gasteiger partial charge in [0.2, 0.25) is 11.8 Å². The molecule has 1 aromatic heterocycles. The summed E-state index contributed by atoms with van der Waals surface area (Å²) in [6, 6.07) is 16.4. The molecule has 2 aromatic carbocycles. The molecule has 0 unspecified atom stereocenters. The van der Waals surface area contributed by atoms with E-state index in [0.29, 0.717) is 22.2 Å². The molecule has 1 heterocycles. The second-order valence-electron chi connectivity index (χ2n) is 9.86. The topological polar surface area (TPSA) is 91.7 Å². The molecule has 3 amide bonds. The maximum atomic E-state index is 13.7. The molecule has 0 aliphatic heterocycles. The highest BCUT2D eigenvalue weighted by Gasteiger charge is 2.34. The zero-order valence-corrected chi connectivity index (χ0v) is 21.9. The molecule has 36 heavy (non-hydrogen) atoms. The highest BCUT2D eigenvalue weighted by molar-refractivity contribution is 6.30. The Hall–Kier alpha value is -3.58. The largest absolute Gasteiger partial charge is 0.459 e. The van der Waals surface area contributed by atoms with Crippen LogP contribution in [0.2, 0.25) is 5.02 Å². The minimum atomic E-state index is -0.986. The van der Waals surface area contributed by atoms with E-state index in [1.165, 1.54) is 17.2 Å². The van der Waals surface area contributed by atoms with Crippen LogP contribution in [0.5, 0.6) is 0 Å². The molecular formula is C28H32ClN3O4. The van der Waals surface area contributed by atoms with Crippen molar-refractivity contribution >= 4 is 35.0 Å². The Kier molecular flexibility index (Phi) is 8.58. The number of benzene rings is 2. The number of anilines is 1. The van der Waals surface area contributed by atoms with Crippen LogP contribution >= 0.6 is 11.6 Å². The van der Waals surface area contributed by atoms with Crippen molar-refractivity contribution in [2.45, 2.75) is 52.1 Å². The number of amides is 3. The van der Waals surface area contributed by atoms with E-state index in [1.807, 2.05) is 45.0 Å². The molecule has 3 rings (SSSR count). The molecule has 0 bridgehead atoms. The molecule has 0 spiro atoms. The summed E-state index contributed by atoms with van der Waals surface area (Å²) in [6.45, 7) is 9.46. The van der Waals surface area contributed by atoms with Crippen LogP contribution < -0.4 is 15.5 Å². The van der Waals surface area contributed by atoms with E-state index < -0.39 is 23.4 Å². The van der Waals surface area contributed by atoms with Crippen LogP contribution in [-0.4, -0.2) is 29.8 Å². The lowest BCUT2D eigenvalue weighted by atomic mass is 9.96. The van der Waals surface area contributed by atoms with Crippen LogP contribution in [0.1, 0.15) is 68.3 Å². The van der Waals surface area contributed by atoms with Gasteiger partial charge in [-0.3, -0.25) is 19.3 Å². The molecule has 0 saturated heterocycles. The average molecular weight is 510 g/mol. The van der Waals surface area contributed by atoms with E-state index >= 15 is 0 Å². The smallest absolute Gasteiger partial charge is 0.287 e. The number of halogens is 1. The number of nitrogens with one attached hydrogen (secondary N) is 2. The van der Waals surface area contributed by atoms with Gasteiger partial charge in [0.1, 0.15) is 6.04 Å². The molecular weight excluding hydrogens is 478 g/mol. The first-order valence-corrected chi connectivity index (χ1v) is 12.2. The third-order valence-corrected chi connectivity index (χ3v) is 5.69. The average Bonchev–Trinajstić information content (AvgIpc) is 3.35. The lowest BCUT2D eigenvalue weighted by Crippen LogP contribution is -2.51. The molecule has 0 aliphatic carbocycles. The van der Waals surface area contributed by atoms with Gasteiger partial charge in [0.05, 0.1) is 12.8 Å². The molecule has 2 N–H and O–H groups in total. The molecule has 3 aromatic rings. The second kappa shape index (κ2) is 11.4. The van der Waals surface area contributed by atoms with Crippen molar-refractivity contribution in [1.29, 1.82) is 0 Å². The fraction of sp³-hybridized carbons (Fsp3) is 0.321. The van der Waals surface area contributed by atoms with Crippen molar-refractivity contribution in [2.24, 2.45) is 0 Å². The third-order valence-electron chi connectivity index (χ3n) is 5.44. The first kappa shape index (κ1) is 27.0. The van der Waals surface area contributed by atoms with Gasteiger partial charge in [0, 0.05) is 16.2 Å². The Morgan fingerprint density at radius 3 is 2.08 bits per heavy atom.